The lowest BCUT2D eigenvalue weighted by molar-refractivity contribution is -0.142. The number of rotatable bonds is 8. The second-order valence-corrected chi connectivity index (χ2v) is 4.62. The fraction of sp³-hybridized carbons (Fsp3) is 0.500. The Labute approximate surface area is 118 Å². The van der Waals surface area contributed by atoms with Crippen LogP contribution in [0.25, 0.3) is 0 Å². The van der Waals surface area contributed by atoms with Crippen molar-refractivity contribution in [1.29, 1.82) is 0 Å². The molecule has 0 saturated heterocycles. The van der Waals surface area contributed by atoms with Gasteiger partial charge in [0, 0.05) is 11.6 Å². The molecule has 2 N–H and O–H groups in total. The molecule has 0 aliphatic rings. The van der Waals surface area contributed by atoms with Gasteiger partial charge < -0.3 is 15.2 Å². The minimum absolute atomic E-state index is 0.178. The van der Waals surface area contributed by atoms with Crippen LogP contribution in [0.1, 0.15) is 25.3 Å². The molecule has 106 valence electrons. The van der Waals surface area contributed by atoms with Gasteiger partial charge in [0.05, 0.1) is 13.0 Å². The molecule has 0 atom stereocenters. The van der Waals surface area contributed by atoms with Crippen molar-refractivity contribution in [2.45, 2.75) is 26.2 Å². The van der Waals surface area contributed by atoms with Crippen LogP contribution < -0.4 is 5.32 Å². The van der Waals surface area contributed by atoms with Gasteiger partial charge in [0.2, 0.25) is 0 Å². The third-order valence-electron chi connectivity index (χ3n) is 2.65. The van der Waals surface area contributed by atoms with Crippen molar-refractivity contribution in [2.24, 2.45) is 0 Å². The second-order valence-electron chi connectivity index (χ2n) is 4.18. The lowest BCUT2D eigenvalue weighted by Crippen LogP contribution is -2.20. The topological polar surface area (TPSA) is 58.6 Å². The Morgan fingerprint density at radius 2 is 2.21 bits per heavy atom. The van der Waals surface area contributed by atoms with Crippen LogP contribution in [-0.2, 0) is 16.0 Å². The van der Waals surface area contributed by atoms with Gasteiger partial charge in [-0.15, -0.1) is 0 Å². The van der Waals surface area contributed by atoms with Gasteiger partial charge in [0.1, 0.15) is 5.75 Å². The maximum absolute atomic E-state index is 11.1. The molecular formula is C14H20ClNO3. The smallest absolute Gasteiger partial charge is 0.307 e. The minimum atomic E-state index is -0.178. The first-order chi connectivity index (χ1) is 9.13. The molecule has 0 amide bonds. The number of ether oxygens (including phenoxy) is 1. The number of phenolic OH excluding ortho intramolecular Hbond substituents is 1. The standard InChI is InChI=1S/C14H20ClNO3/c1-2-19-14(18)7-9-16-8-3-4-11-10-12(15)5-6-13(11)17/h5-6,10,16-17H,2-4,7-9H2,1H3. The highest BCUT2D eigenvalue weighted by Crippen LogP contribution is 2.22. The van der Waals surface area contributed by atoms with E-state index in [0.29, 0.717) is 24.6 Å². The van der Waals surface area contributed by atoms with E-state index in [4.69, 9.17) is 16.3 Å². The molecule has 19 heavy (non-hydrogen) atoms. The molecule has 0 bridgehead atoms. The second kappa shape index (κ2) is 8.77. The van der Waals surface area contributed by atoms with Gasteiger partial charge >= 0.3 is 5.97 Å². The fourth-order valence-electron chi connectivity index (χ4n) is 1.71. The molecule has 0 aliphatic heterocycles. The van der Waals surface area contributed by atoms with Gasteiger partial charge in [-0.2, -0.15) is 0 Å². The van der Waals surface area contributed by atoms with E-state index in [9.17, 15) is 9.90 Å². The first kappa shape index (κ1) is 15.8. The van der Waals surface area contributed by atoms with Gasteiger partial charge in [0.25, 0.3) is 0 Å². The summed E-state index contributed by atoms with van der Waals surface area (Å²) in [4.78, 5) is 11.1. The summed E-state index contributed by atoms with van der Waals surface area (Å²) in [6.07, 6.45) is 2.01. The van der Waals surface area contributed by atoms with E-state index in [1.807, 2.05) is 0 Å². The Bertz CT molecular complexity index is 410. The molecular weight excluding hydrogens is 266 g/mol. The van der Waals surface area contributed by atoms with Gasteiger partial charge in [-0.1, -0.05) is 11.6 Å². The van der Waals surface area contributed by atoms with Gasteiger partial charge in [0.15, 0.2) is 0 Å². The Morgan fingerprint density at radius 1 is 1.42 bits per heavy atom. The lowest BCUT2D eigenvalue weighted by atomic mass is 10.1. The summed E-state index contributed by atoms with van der Waals surface area (Å²) >= 11 is 5.87. The van der Waals surface area contributed by atoms with Crippen molar-refractivity contribution in [2.75, 3.05) is 19.7 Å². The molecule has 0 aromatic heterocycles. The number of hydrogen-bond acceptors (Lipinski definition) is 4. The maximum Gasteiger partial charge on any atom is 0.307 e. The summed E-state index contributed by atoms with van der Waals surface area (Å²) in [6.45, 7) is 3.61. The first-order valence-corrected chi connectivity index (χ1v) is 6.85. The molecule has 0 unspecified atom stereocenters. The summed E-state index contributed by atoms with van der Waals surface area (Å²) in [7, 11) is 0. The zero-order chi connectivity index (χ0) is 14.1. The van der Waals surface area contributed by atoms with E-state index < -0.39 is 0 Å². The van der Waals surface area contributed by atoms with Crippen molar-refractivity contribution in [3.8, 4) is 5.75 Å². The summed E-state index contributed by atoms with van der Waals surface area (Å²) in [5, 5.41) is 13.4. The summed E-state index contributed by atoms with van der Waals surface area (Å²) < 4.78 is 4.82. The predicted octanol–water partition coefficient (Wildman–Crippen LogP) is 2.52. The molecule has 1 rings (SSSR count). The van der Waals surface area contributed by atoms with Crippen molar-refractivity contribution < 1.29 is 14.6 Å². The zero-order valence-electron chi connectivity index (χ0n) is 11.1. The van der Waals surface area contributed by atoms with E-state index >= 15 is 0 Å². The zero-order valence-corrected chi connectivity index (χ0v) is 11.9. The third kappa shape index (κ3) is 6.45. The Kier molecular flexibility index (Phi) is 7.30. The van der Waals surface area contributed by atoms with Crippen LogP contribution in [0.3, 0.4) is 0 Å². The quantitative estimate of drug-likeness (QED) is 0.569. The Hall–Kier alpha value is -1.26. The predicted molar refractivity (Wildman–Crippen MR) is 75.6 cm³/mol. The number of aromatic hydroxyl groups is 1. The molecule has 0 spiro atoms. The number of aryl methyl sites for hydroxylation is 1. The van der Waals surface area contributed by atoms with Crippen molar-refractivity contribution in [3.05, 3.63) is 28.8 Å². The van der Waals surface area contributed by atoms with Crippen molar-refractivity contribution >= 4 is 17.6 Å². The number of benzene rings is 1. The Balaban J connectivity index is 2.14. The van der Waals surface area contributed by atoms with Crippen LogP contribution in [0.4, 0.5) is 0 Å². The van der Waals surface area contributed by atoms with Gasteiger partial charge in [-0.3, -0.25) is 4.79 Å². The summed E-state index contributed by atoms with van der Waals surface area (Å²) in [5.74, 6) is 0.0957. The molecule has 0 radical (unpaired) electrons. The number of nitrogens with one attached hydrogen (secondary N) is 1. The summed E-state index contributed by atoms with van der Waals surface area (Å²) in [5.41, 5.74) is 0.847. The lowest BCUT2D eigenvalue weighted by Gasteiger charge is -2.06. The van der Waals surface area contributed by atoms with E-state index in [1.165, 1.54) is 0 Å². The molecule has 1 aromatic carbocycles. The van der Waals surface area contributed by atoms with Crippen LogP contribution in [0.15, 0.2) is 18.2 Å². The molecule has 0 fully saturated rings. The van der Waals surface area contributed by atoms with Crippen LogP contribution in [0.5, 0.6) is 5.75 Å². The average molecular weight is 286 g/mol. The van der Waals surface area contributed by atoms with Crippen LogP contribution >= 0.6 is 11.6 Å². The molecule has 0 saturated carbocycles. The molecule has 4 nitrogen and oxygen atoms in total. The molecule has 0 aliphatic carbocycles. The van der Waals surface area contributed by atoms with Gasteiger partial charge in [-0.05, 0) is 50.1 Å². The van der Waals surface area contributed by atoms with Crippen LogP contribution in [0.2, 0.25) is 5.02 Å². The normalized spacial score (nSPS) is 10.4. The highest BCUT2D eigenvalue weighted by Gasteiger charge is 2.03. The van der Waals surface area contributed by atoms with Crippen molar-refractivity contribution in [3.63, 3.8) is 0 Å². The molecule has 1 aromatic rings. The maximum atomic E-state index is 11.1. The van der Waals surface area contributed by atoms with Crippen LogP contribution in [0, 0.1) is 0 Å². The number of halogens is 1. The summed E-state index contributed by atoms with van der Waals surface area (Å²) in [6, 6.07) is 5.04. The highest BCUT2D eigenvalue weighted by atomic mass is 35.5. The van der Waals surface area contributed by atoms with Gasteiger partial charge in [-0.25, -0.2) is 0 Å². The van der Waals surface area contributed by atoms with E-state index in [2.05, 4.69) is 5.32 Å². The third-order valence-corrected chi connectivity index (χ3v) is 2.89. The van der Waals surface area contributed by atoms with Crippen molar-refractivity contribution in [1.82, 2.24) is 5.32 Å². The van der Waals surface area contributed by atoms with E-state index in [0.717, 1.165) is 24.9 Å². The minimum Gasteiger partial charge on any atom is -0.508 e. The number of phenols is 1. The average Bonchev–Trinajstić information content (AvgIpc) is 2.38. The molecule has 0 heterocycles. The monoisotopic (exact) mass is 285 g/mol. The number of carbonyl (C=O) groups excluding carboxylic acids is 1. The number of hydrogen-bond donors (Lipinski definition) is 2. The highest BCUT2D eigenvalue weighted by molar-refractivity contribution is 6.30. The van der Waals surface area contributed by atoms with E-state index in [-0.39, 0.29) is 11.7 Å². The Morgan fingerprint density at radius 3 is 2.95 bits per heavy atom. The SMILES string of the molecule is CCOC(=O)CCNCCCc1cc(Cl)ccc1O. The molecule has 5 heteroatoms. The number of esters is 1. The largest absolute Gasteiger partial charge is 0.508 e. The van der Waals surface area contributed by atoms with Crippen LogP contribution in [-0.4, -0.2) is 30.8 Å². The first-order valence-electron chi connectivity index (χ1n) is 6.47. The number of carbonyl (C=O) groups is 1. The fourth-order valence-corrected chi connectivity index (χ4v) is 1.90. The van der Waals surface area contributed by atoms with E-state index in [1.54, 1.807) is 25.1 Å².